The van der Waals surface area contributed by atoms with Crippen LogP contribution in [0.1, 0.15) is 72.1 Å². The summed E-state index contributed by atoms with van der Waals surface area (Å²) in [5.41, 5.74) is 2.72. The minimum absolute atomic E-state index is 0.0381. The van der Waals surface area contributed by atoms with Gasteiger partial charge in [0.1, 0.15) is 23.0 Å². The van der Waals surface area contributed by atoms with Crippen LogP contribution < -0.4 is 18.9 Å². The van der Waals surface area contributed by atoms with Gasteiger partial charge >= 0.3 is 23.9 Å². The molecule has 0 heterocycles. The Morgan fingerprint density at radius 1 is 0.590 bits per heavy atom. The van der Waals surface area contributed by atoms with Crippen LogP contribution in [0, 0.1) is 6.92 Å². The zero-order valence-corrected chi connectivity index (χ0v) is 22.0. The molecule has 200 valence electrons. The molecule has 3 aromatic carbocycles. The maximum absolute atomic E-state index is 14.0. The molecule has 0 fully saturated rings. The Labute approximate surface area is 224 Å². The quantitative estimate of drug-likeness (QED) is 0.326. The zero-order valence-electron chi connectivity index (χ0n) is 22.0. The van der Waals surface area contributed by atoms with E-state index in [1.54, 1.807) is 12.1 Å². The SMILES string of the molecule is CC(=O)Oc1cc(OC(C)=O)cc([C@H]2c3c(OC(C)=O)cc(OC(C)=O)cc3C(=O)[C@H]2c2ccc(C)cc2)c1. The van der Waals surface area contributed by atoms with Gasteiger partial charge in [-0.15, -0.1) is 0 Å². The second kappa shape index (κ2) is 10.9. The highest BCUT2D eigenvalue weighted by Gasteiger charge is 2.45. The number of ether oxygens (including phenoxy) is 4. The maximum atomic E-state index is 14.0. The number of esters is 4. The lowest BCUT2D eigenvalue weighted by atomic mass is 9.81. The summed E-state index contributed by atoms with van der Waals surface area (Å²) in [6.45, 7) is 6.82. The first-order valence-electron chi connectivity index (χ1n) is 12.1. The van der Waals surface area contributed by atoms with Gasteiger partial charge in [0.05, 0.1) is 5.92 Å². The van der Waals surface area contributed by atoms with Crippen LogP contribution in [-0.2, 0) is 19.2 Å². The van der Waals surface area contributed by atoms with E-state index in [1.807, 2.05) is 31.2 Å². The van der Waals surface area contributed by atoms with Crippen LogP contribution in [-0.4, -0.2) is 29.7 Å². The highest BCUT2D eigenvalue weighted by Crippen LogP contribution is 2.53. The van der Waals surface area contributed by atoms with Crippen LogP contribution >= 0.6 is 0 Å². The fourth-order valence-electron chi connectivity index (χ4n) is 4.78. The third kappa shape index (κ3) is 6.04. The Hall–Kier alpha value is -4.79. The average Bonchev–Trinajstić information content (AvgIpc) is 3.10. The fourth-order valence-corrected chi connectivity index (χ4v) is 4.78. The second-order valence-corrected chi connectivity index (χ2v) is 9.23. The molecule has 0 spiro atoms. The van der Waals surface area contributed by atoms with E-state index >= 15 is 0 Å². The van der Waals surface area contributed by atoms with Crippen molar-refractivity contribution in [2.24, 2.45) is 0 Å². The van der Waals surface area contributed by atoms with Crippen LogP contribution in [0.2, 0.25) is 0 Å². The standard InChI is InChI=1S/C30H26O9/c1-15-6-8-20(9-7-15)28-27(21-10-22(36-16(2)31)12-23(11-21)37-17(3)32)29-25(30(28)35)13-24(38-18(4)33)14-26(29)39-19(5)34/h6-14,27-28H,1-5H3/t27-,28+/m1/s1. The van der Waals surface area contributed by atoms with Crippen molar-refractivity contribution in [1.29, 1.82) is 0 Å². The van der Waals surface area contributed by atoms with Crippen LogP contribution in [0.15, 0.2) is 54.6 Å². The van der Waals surface area contributed by atoms with Crippen LogP contribution in [0.25, 0.3) is 0 Å². The number of hydrogen-bond acceptors (Lipinski definition) is 9. The van der Waals surface area contributed by atoms with E-state index in [9.17, 15) is 24.0 Å². The van der Waals surface area contributed by atoms with Crippen molar-refractivity contribution >= 4 is 29.7 Å². The summed E-state index contributed by atoms with van der Waals surface area (Å²) in [7, 11) is 0. The third-order valence-electron chi connectivity index (χ3n) is 6.04. The lowest BCUT2D eigenvalue weighted by Crippen LogP contribution is -2.14. The van der Waals surface area contributed by atoms with Crippen molar-refractivity contribution in [2.75, 3.05) is 0 Å². The Morgan fingerprint density at radius 3 is 1.56 bits per heavy atom. The molecular weight excluding hydrogens is 504 g/mol. The van der Waals surface area contributed by atoms with Crippen LogP contribution in [0.4, 0.5) is 0 Å². The number of carbonyl (C=O) groups excluding carboxylic acids is 5. The van der Waals surface area contributed by atoms with E-state index in [0.717, 1.165) is 5.56 Å². The average molecular weight is 531 g/mol. The van der Waals surface area contributed by atoms with Gasteiger partial charge in [0.15, 0.2) is 5.78 Å². The van der Waals surface area contributed by atoms with E-state index in [-0.39, 0.29) is 34.3 Å². The monoisotopic (exact) mass is 530 g/mol. The van der Waals surface area contributed by atoms with Crippen molar-refractivity contribution < 1.29 is 42.9 Å². The van der Waals surface area contributed by atoms with Gasteiger partial charge in [0.25, 0.3) is 0 Å². The molecule has 0 aromatic heterocycles. The van der Waals surface area contributed by atoms with Gasteiger partial charge in [-0.25, -0.2) is 0 Å². The molecule has 0 bridgehead atoms. The molecule has 0 N–H and O–H groups in total. The van der Waals surface area contributed by atoms with Gasteiger partial charge in [0.2, 0.25) is 0 Å². The first-order valence-corrected chi connectivity index (χ1v) is 12.1. The van der Waals surface area contributed by atoms with E-state index in [4.69, 9.17) is 18.9 Å². The minimum atomic E-state index is -0.791. The third-order valence-corrected chi connectivity index (χ3v) is 6.04. The summed E-state index contributed by atoms with van der Waals surface area (Å²) in [5, 5.41) is 0. The number of ketones is 1. The van der Waals surface area contributed by atoms with E-state index < -0.39 is 35.7 Å². The van der Waals surface area contributed by atoms with Crippen molar-refractivity contribution in [3.63, 3.8) is 0 Å². The lowest BCUT2D eigenvalue weighted by Gasteiger charge is -2.23. The van der Waals surface area contributed by atoms with E-state index in [2.05, 4.69) is 0 Å². The fraction of sp³-hybridized carbons (Fsp3) is 0.233. The number of aryl methyl sites for hydroxylation is 1. The molecule has 1 aliphatic rings. The van der Waals surface area contributed by atoms with Crippen molar-refractivity contribution in [2.45, 2.75) is 46.5 Å². The van der Waals surface area contributed by atoms with Gasteiger partial charge in [-0.1, -0.05) is 29.8 Å². The Morgan fingerprint density at radius 2 is 1.08 bits per heavy atom. The highest BCUT2D eigenvalue weighted by molar-refractivity contribution is 6.08. The molecule has 0 radical (unpaired) electrons. The Bertz CT molecular complexity index is 1470. The molecule has 1 aliphatic carbocycles. The largest absolute Gasteiger partial charge is 0.427 e. The minimum Gasteiger partial charge on any atom is -0.427 e. The molecular formula is C30H26O9. The van der Waals surface area contributed by atoms with E-state index in [0.29, 0.717) is 16.7 Å². The molecule has 0 unspecified atom stereocenters. The maximum Gasteiger partial charge on any atom is 0.308 e. The van der Waals surface area contributed by atoms with Crippen molar-refractivity contribution in [1.82, 2.24) is 0 Å². The summed E-state index contributed by atoms with van der Waals surface area (Å²) in [5.74, 6) is -3.99. The molecule has 39 heavy (non-hydrogen) atoms. The molecule has 9 nitrogen and oxygen atoms in total. The van der Waals surface area contributed by atoms with Crippen LogP contribution in [0.3, 0.4) is 0 Å². The predicted octanol–water partition coefficient (Wildman–Crippen LogP) is 4.81. The van der Waals surface area contributed by atoms with Crippen molar-refractivity contribution in [3.05, 3.63) is 82.4 Å². The first kappa shape index (κ1) is 27.3. The molecule has 0 amide bonds. The molecule has 0 aliphatic heterocycles. The topological polar surface area (TPSA) is 122 Å². The summed E-state index contributed by atoms with van der Waals surface area (Å²) < 4.78 is 21.4. The molecule has 0 saturated heterocycles. The number of fused-ring (bicyclic) bond motifs is 1. The summed E-state index contributed by atoms with van der Waals surface area (Å²) in [6, 6.07) is 14.8. The van der Waals surface area contributed by atoms with Gasteiger partial charge in [-0.2, -0.15) is 0 Å². The number of hydrogen-bond donors (Lipinski definition) is 0. The lowest BCUT2D eigenvalue weighted by molar-refractivity contribution is -0.133. The summed E-state index contributed by atoms with van der Waals surface area (Å²) in [6.07, 6.45) is 0. The molecule has 2 atom stereocenters. The molecule has 0 saturated carbocycles. The van der Waals surface area contributed by atoms with E-state index in [1.165, 1.54) is 45.9 Å². The van der Waals surface area contributed by atoms with Gasteiger partial charge < -0.3 is 18.9 Å². The smallest absolute Gasteiger partial charge is 0.308 e. The summed E-state index contributed by atoms with van der Waals surface area (Å²) >= 11 is 0. The molecule has 4 rings (SSSR count). The zero-order chi connectivity index (χ0) is 28.4. The molecule has 3 aromatic rings. The van der Waals surface area contributed by atoms with Crippen LogP contribution in [0.5, 0.6) is 23.0 Å². The first-order chi connectivity index (χ1) is 18.4. The summed E-state index contributed by atoms with van der Waals surface area (Å²) in [4.78, 5) is 61.3. The van der Waals surface area contributed by atoms with Crippen molar-refractivity contribution in [3.8, 4) is 23.0 Å². The Balaban J connectivity index is 2.02. The van der Waals surface area contributed by atoms with Gasteiger partial charge in [0, 0.05) is 56.9 Å². The number of benzene rings is 3. The predicted molar refractivity (Wildman–Crippen MR) is 138 cm³/mol. The number of carbonyl (C=O) groups is 5. The normalized spacial score (nSPS) is 15.8. The number of Topliss-reactive ketones (excluding diaryl/α,β-unsaturated/α-hetero) is 1. The Kier molecular flexibility index (Phi) is 7.62. The highest BCUT2D eigenvalue weighted by atomic mass is 16.6. The number of rotatable bonds is 6. The van der Waals surface area contributed by atoms with Gasteiger partial charge in [-0.05, 0) is 36.2 Å². The van der Waals surface area contributed by atoms with Gasteiger partial charge in [-0.3, -0.25) is 24.0 Å². The molecule has 9 heteroatoms. The second-order valence-electron chi connectivity index (χ2n) is 9.23.